The number of hydrogen-bond acceptors (Lipinski definition) is 6. The van der Waals surface area contributed by atoms with E-state index in [0.717, 1.165) is 17.2 Å². The highest BCUT2D eigenvalue weighted by Crippen LogP contribution is 2.17. The number of carbonyl (C=O) groups excluding carboxylic acids is 1. The van der Waals surface area contributed by atoms with E-state index in [-0.39, 0.29) is 12.5 Å². The maximum atomic E-state index is 11.3. The van der Waals surface area contributed by atoms with E-state index in [1.165, 1.54) is 12.7 Å². The Hall–Kier alpha value is -2.67. The first kappa shape index (κ1) is 17.7. The minimum absolute atomic E-state index is 0.0611. The van der Waals surface area contributed by atoms with Crippen LogP contribution in [0.15, 0.2) is 30.3 Å². The molecule has 0 saturated carbocycles. The molecule has 7 heteroatoms. The predicted molar refractivity (Wildman–Crippen MR) is 94.6 cm³/mol. The van der Waals surface area contributed by atoms with Gasteiger partial charge in [0, 0.05) is 37.6 Å². The summed E-state index contributed by atoms with van der Waals surface area (Å²) in [6.07, 6.45) is 0. The van der Waals surface area contributed by atoms with Gasteiger partial charge in [-0.05, 0) is 26.0 Å². The van der Waals surface area contributed by atoms with Gasteiger partial charge in [0.05, 0.1) is 0 Å². The lowest BCUT2D eigenvalue weighted by Gasteiger charge is -2.10. The van der Waals surface area contributed by atoms with Crippen LogP contribution in [-0.2, 0) is 9.53 Å². The van der Waals surface area contributed by atoms with E-state index in [0.29, 0.717) is 19.0 Å². The number of carbonyl (C=O) groups is 1. The first-order chi connectivity index (χ1) is 11.6. The quantitative estimate of drug-likeness (QED) is 0.642. The molecule has 1 aromatic carbocycles. The monoisotopic (exact) mass is 329 g/mol. The molecule has 3 N–H and O–H groups in total. The highest BCUT2D eigenvalue weighted by molar-refractivity contribution is 5.77. The number of benzene rings is 1. The number of nitrogens with one attached hydrogen (secondary N) is 3. The van der Waals surface area contributed by atoms with Crippen molar-refractivity contribution in [3.05, 3.63) is 41.6 Å². The standard InChI is InChI=1S/C17H23N5O2/c1-12-4-6-14(7-5-12)21-15-10-13(2)20-17(22-15)19-9-8-18-16(23)11-24-3/h4-7,10H,8-9,11H2,1-3H3,(H,18,23)(H2,19,20,21,22). The van der Waals surface area contributed by atoms with Crippen LogP contribution in [0.1, 0.15) is 11.3 Å². The Morgan fingerprint density at radius 3 is 2.58 bits per heavy atom. The highest BCUT2D eigenvalue weighted by Gasteiger charge is 2.03. The van der Waals surface area contributed by atoms with Crippen molar-refractivity contribution in [2.45, 2.75) is 13.8 Å². The van der Waals surface area contributed by atoms with Crippen molar-refractivity contribution in [2.75, 3.05) is 37.4 Å². The minimum atomic E-state index is -0.147. The van der Waals surface area contributed by atoms with Crippen LogP contribution in [0.25, 0.3) is 0 Å². The van der Waals surface area contributed by atoms with Gasteiger partial charge >= 0.3 is 0 Å². The molecular formula is C17H23N5O2. The molecule has 1 amide bonds. The average Bonchev–Trinajstić information content (AvgIpc) is 2.54. The maximum absolute atomic E-state index is 11.3. The predicted octanol–water partition coefficient (Wildman–Crippen LogP) is 2.01. The Morgan fingerprint density at radius 2 is 1.88 bits per heavy atom. The normalized spacial score (nSPS) is 10.3. The molecule has 0 aliphatic rings. The van der Waals surface area contributed by atoms with Gasteiger partial charge in [0.15, 0.2) is 0 Å². The molecule has 0 aliphatic heterocycles. The number of rotatable bonds is 8. The summed E-state index contributed by atoms with van der Waals surface area (Å²) in [6.45, 7) is 5.02. The van der Waals surface area contributed by atoms with Crippen LogP contribution in [0, 0.1) is 13.8 Å². The molecule has 0 saturated heterocycles. The van der Waals surface area contributed by atoms with Gasteiger partial charge in [0.2, 0.25) is 11.9 Å². The van der Waals surface area contributed by atoms with Gasteiger partial charge in [-0.25, -0.2) is 4.98 Å². The van der Waals surface area contributed by atoms with Crippen LogP contribution < -0.4 is 16.0 Å². The summed E-state index contributed by atoms with van der Waals surface area (Å²) in [5.41, 5.74) is 3.03. The Labute approximate surface area is 141 Å². The number of amides is 1. The lowest BCUT2D eigenvalue weighted by atomic mass is 10.2. The molecule has 128 valence electrons. The molecule has 24 heavy (non-hydrogen) atoms. The summed E-state index contributed by atoms with van der Waals surface area (Å²) in [5.74, 6) is 1.09. The van der Waals surface area contributed by atoms with Crippen LogP contribution >= 0.6 is 0 Å². The van der Waals surface area contributed by atoms with Crippen LogP contribution in [0.4, 0.5) is 17.5 Å². The Kier molecular flexibility index (Phi) is 6.51. The number of methoxy groups -OCH3 is 1. The van der Waals surface area contributed by atoms with E-state index in [2.05, 4.69) is 25.9 Å². The second kappa shape index (κ2) is 8.83. The summed E-state index contributed by atoms with van der Waals surface area (Å²) in [4.78, 5) is 20.1. The SMILES string of the molecule is COCC(=O)NCCNc1nc(C)cc(Nc2ccc(C)cc2)n1. The van der Waals surface area contributed by atoms with Crippen molar-refractivity contribution >= 4 is 23.4 Å². The van der Waals surface area contributed by atoms with Crippen molar-refractivity contribution in [1.82, 2.24) is 15.3 Å². The topological polar surface area (TPSA) is 88.2 Å². The van der Waals surface area contributed by atoms with Crippen molar-refractivity contribution in [2.24, 2.45) is 0 Å². The fourth-order valence-corrected chi connectivity index (χ4v) is 2.05. The van der Waals surface area contributed by atoms with E-state index in [4.69, 9.17) is 4.74 Å². The lowest BCUT2D eigenvalue weighted by molar-refractivity contribution is -0.124. The maximum Gasteiger partial charge on any atom is 0.246 e. The Bertz CT molecular complexity index is 673. The number of aryl methyl sites for hydroxylation is 2. The van der Waals surface area contributed by atoms with Crippen LogP contribution in [-0.4, -0.2) is 42.7 Å². The summed E-state index contributed by atoms with van der Waals surface area (Å²) in [7, 11) is 1.49. The average molecular weight is 329 g/mol. The van der Waals surface area contributed by atoms with Crippen LogP contribution in [0.3, 0.4) is 0 Å². The molecule has 2 rings (SSSR count). The van der Waals surface area contributed by atoms with Gasteiger partial charge in [-0.1, -0.05) is 17.7 Å². The molecule has 1 heterocycles. The molecule has 0 radical (unpaired) electrons. The Morgan fingerprint density at radius 1 is 1.12 bits per heavy atom. The minimum Gasteiger partial charge on any atom is -0.375 e. The van der Waals surface area contributed by atoms with E-state index in [1.54, 1.807) is 0 Å². The fourth-order valence-electron chi connectivity index (χ4n) is 2.05. The molecule has 0 unspecified atom stereocenters. The molecule has 7 nitrogen and oxygen atoms in total. The van der Waals surface area contributed by atoms with Crippen molar-refractivity contribution in [3.8, 4) is 0 Å². The summed E-state index contributed by atoms with van der Waals surface area (Å²) < 4.78 is 4.75. The van der Waals surface area contributed by atoms with Gasteiger partial charge < -0.3 is 20.7 Å². The van der Waals surface area contributed by atoms with Gasteiger partial charge in [-0.2, -0.15) is 4.98 Å². The smallest absolute Gasteiger partial charge is 0.246 e. The third-order valence-electron chi connectivity index (χ3n) is 3.18. The number of ether oxygens (including phenoxy) is 1. The largest absolute Gasteiger partial charge is 0.375 e. The molecule has 0 bridgehead atoms. The van der Waals surface area contributed by atoms with Gasteiger partial charge in [0.1, 0.15) is 12.4 Å². The molecular weight excluding hydrogens is 306 g/mol. The summed E-state index contributed by atoms with van der Waals surface area (Å²) in [5, 5.41) is 9.09. The molecule has 0 spiro atoms. The van der Waals surface area contributed by atoms with E-state index < -0.39 is 0 Å². The summed E-state index contributed by atoms with van der Waals surface area (Å²) >= 11 is 0. The van der Waals surface area contributed by atoms with E-state index >= 15 is 0 Å². The van der Waals surface area contributed by atoms with Crippen LogP contribution in [0.5, 0.6) is 0 Å². The van der Waals surface area contributed by atoms with Crippen LogP contribution in [0.2, 0.25) is 0 Å². The highest BCUT2D eigenvalue weighted by atomic mass is 16.5. The second-order valence-corrected chi connectivity index (χ2v) is 5.42. The van der Waals surface area contributed by atoms with Gasteiger partial charge in [-0.15, -0.1) is 0 Å². The Balaban J connectivity index is 1.90. The molecule has 0 aliphatic carbocycles. The molecule has 1 aromatic heterocycles. The van der Waals surface area contributed by atoms with Crippen molar-refractivity contribution in [1.29, 1.82) is 0 Å². The third kappa shape index (κ3) is 5.85. The van der Waals surface area contributed by atoms with Crippen molar-refractivity contribution < 1.29 is 9.53 Å². The molecule has 2 aromatic rings. The zero-order valence-electron chi connectivity index (χ0n) is 14.2. The summed E-state index contributed by atoms with van der Waals surface area (Å²) in [6, 6.07) is 9.97. The molecule has 0 fully saturated rings. The zero-order chi connectivity index (χ0) is 17.4. The first-order valence-electron chi connectivity index (χ1n) is 7.75. The van der Waals surface area contributed by atoms with Gasteiger partial charge in [0.25, 0.3) is 0 Å². The lowest BCUT2D eigenvalue weighted by Crippen LogP contribution is -2.31. The number of aromatic nitrogens is 2. The number of hydrogen-bond donors (Lipinski definition) is 3. The van der Waals surface area contributed by atoms with E-state index in [9.17, 15) is 4.79 Å². The third-order valence-corrected chi connectivity index (χ3v) is 3.18. The first-order valence-corrected chi connectivity index (χ1v) is 7.75. The zero-order valence-corrected chi connectivity index (χ0v) is 14.2. The number of nitrogens with zero attached hydrogens (tertiary/aromatic N) is 2. The van der Waals surface area contributed by atoms with Crippen molar-refractivity contribution in [3.63, 3.8) is 0 Å². The fraction of sp³-hybridized carbons (Fsp3) is 0.353. The second-order valence-electron chi connectivity index (χ2n) is 5.42. The molecule has 0 atom stereocenters. The van der Waals surface area contributed by atoms with Gasteiger partial charge in [-0.3, -0.25) is 4.79 Å². The number of anilines is 3. The van der Waals surface area contributed by atoms with E-state index in [1.807, 2.05) is 44.2 Å².